The van der Waals surface area contributed by atoms with E-state index in [4.69, 9.17) is 26.1 Å². The molecule has 24 heavy (non-hydrogen) atoms. The van der Waals surface area contributed by atoms with E-state index in [9.17, 15) is 0 Å². The van der Waals surface area contributed by atoms with Crippen molar-refractivity contribution in [1.82, 2.24) is 9.97 Å². The molecule has 0 N–H and O–H groups in total. The number of halogens is 1. The van der Waals surface area contributed by atoms with Crippen molar-refractivity contribution in [2.75, 3.05) is 14.2 Å². The number of thiophene rings is 1. The van der Waals surface area contributed by atoms with Crippen molar-refractivity contribution in [2.24, 2.45) is 0 Å². The molecule has 2 aromatic heterocycles. The van der Waals surface area contributed by atoms with Crippen LogP contribution in [0.25, 0.3) is 10.2 Å². The lowest BCUT2D eigenvalue weighted by Crippen LogP contribution is -1.99. The highest BCUT2D eigenvalue weighted by atomic mass is 35.5. The van der Waals surface area contributed by atoms with Crippen LogP contribution in [0.1, 0.15) is 28.2 Å². The average Bonchev–Trinajstić information content (AvgIpc) is 3.15. The highest BCUT2D eigenvalue weighted by molar-refractivity contribution is 7.19. The van der Waals surface area contributed by atoms with Crippen molar-refractivity contribution in [3.8, 4) is 11.5 Å². The van der Waals surface area contributed by atoms with Crippen LogP contribution in [0.3, 0.4) is 0 Å². The van der Waals surface area contributed by atoms with Gasteiger partial charge in [-0.1, -0.05) is 17.7 Å². The first-order chi connectivity index (χ1) is 11.7. The first-order valence-corrected chi connectivity index (χ1v) is 9.06. The lowest BCUT2D eigenvalue weighted by molar-refractivity contribution is 0.354. The average molecular weight is 361 g/mol. The normalized spacial score (nSPS) is 13.3. The quantitative estimate of drug-likeness (QED) is 0.645. The molecule has 2 heterocycles. The lowest BCUT2D eigenvalue weighted by atomic mass is 10.1. The van der Waals surface area contributed by atoms with E-state index >= 15 is 0 Å². The van der Waals surface area contributed by atoms with Crippen LogP contribution in [0.15, 0.2) is 18.2 Å². The molecular weight excluding hydrogens is 344 g/mol. The maximum atomic E-state index is 6.47. The largest absolute Gasteiger partial charge is 0.493 e. The highest BCUT2D eigenvalue weighted by Gasteiger charge is 2.21. The fourth-order valence-electron chi connectivity index (χ4n) is 3.25. The van der Waals surface area contributed by atoms with Crippen LogP contribution in [0.2, 0.25) is 5.15 Å². The van der Waals surface area contributed by atoms with E-state index in [1.54, 1.807) is 25.6 Å². The molecule has 0 saturated heterocycles. The van der Waals surface area contributed by atoms with E-state index in [1.807, 2.05) is 18.2 Å². The molecule has 0 saturated carbocycles. The SMILES string of the molecule is COc1ccc(Cc2nc(Cl)c3c4c(sc3n2)CCC4)cc1OC. The van der Waals surface area contributed by atoms with Gasteiger partial charge in [0.1, 0.15) is 15.8 Å². The van der Waals surface area contributed by atoms with Gasteiger partial charge in [0, 0.05) is 11.3 Å². The minimum atomic E-state index is 0.579. The first-order valence-electron chi connectivity index (χ1n) is 7.87. The number of rotatable bonds is 4. The van der Waals surface area contributed by atoms with Crippen molar-refractivity contribution in [2.45, 2.75) is 25.7 Å². The Morgan fingerprint density at radius 3 is 2.75 bits per heavy atom. The van der Waals surface area contributed by atoms with Crippen LogP contribution in [0, 0.1) is 0 Å². The number of aromatic nitrogens is 2. The van der Waals surface area contributed by atoms with Crippen LogP contribution in [-0.4, -0.2) is 24.2 Å². The summed E-state index contributed by atoms with van der Waals surface area (Å²) in [7, 11) is 3.26. The molecule has 0 fully saturated rings. The molecule has 1 aromatic carbocycles. The topological polar surface area (TPSA) is 44.2 Å². The summed E-state index contributed by atoms with van der Waals surface area (Å²) in [5.74, 6) is 2.15. The molecule has 0 amide bonds. The van der Waals surface area contributed by atoms with Gasteiger partial charge in [0.25, 0.3) is 0 Å². The Hall–Kier alpha value is -1.85. The molecule has 3 aromatic rings. The van der Waals surface area contributed by atoms with Crippen LogP contribution in [-0.2, 0) is 19.3 Å². The third-order valence-electron chi connectivity index (χ3n) is 4.38. The van der Waals surface area contributed by atoms with Crippen molar-refractivity contribution < 1.29 is 9.47 Å². The molecule has 1 aliphatic rings. The predicted octanol–water partition coefficient (Wildman–Crippen LogP) is 4.44. The third kappa shape index (κ3) is 2.62. The number of methoxy groups -OCH3 is 2. The van der Waals surface area contributed by atoms with E-state index in [0.717, 1.165) is 34.4 Å². The lowest BCUT2D eigenvalue weighted by Gasteiger charge is -2.09. The molecule has 0 radical (unpaired) electrons. The zero-order valence-electron chi connectivity index (χ0n) is 13.6. The Morgan fingerprint density at radius 2 is 1.96 bits per heavy atom. The number of nitrogens with zero attached hydrogens (tertiary/aromatic N) is 2. The second-order valence-electron chi connectivity index (χ2n) is 5.83. The number of hydrogen-bond acceptors (Lipinski definition) is 5. The second kappa shape index (κ2) is 6.22. The number of fused-ring (bicyclic) bond motifs is 3. The van der Waals surface area contributed by atoms with Crippen LogP contribution < -0.4 is 9.47 Å². The van der Waals surface area contributed by atoms with Crippen LogP contribution >= 0.6 is 22.9 Å². The van der Waals surface area contributed by atoms with Crippen molar-refractivity contribution >= 4 is 33.2 Å². The van der Waals surface area contributed by atoms with E-state index in [-0.39, 0.29) is 0 Å². The van der Waals surface area contributed by atoms with Gasteiger partial charge in [-0.05, 0) is 42.5 Å². The molecule has 0 aliphatic heterocycles. The summed E-state index contributed by atoms with van der Waals surface area (Å²) in [4.78, 5) is 11.7. The van der Waals surface area contributed by atoms with Crippen molar-refractivity contribution in [1.29, 1.82) is 0 Å². The Labute approximate surface area is 149 Å². The molecule has 0 spiro atoms. The van der Waals surface area contributed by atoms with E-state index in [2.05, 4.69) is 4.98 Å². The van der Waals surface area contributed by atoms with Gasteiger partial charge in [-0.25, -0.2) is 9.97 Å². The zero-order chi connectivity index (χ0) is 16.7. The minimum absolute atomic E-state index is 0.579. The molecule has 0 atom stereocenters. The van der Waals surface area contributed by atoms with Gasteiger partial charge in [0.15, 0.2) is 11.5 Å². The Bertz CT molecular complexity index is 923. The van der Waals surface area contributed by atoms with Gasteiger partial charge in [-0.2, -0.15) is 0 Å². The summed E-state index contributed by atoms with van der Waals surface area (Å²) in [6.45, 7) is 0. The first kappa shape index (κ1) is 15.7. The maximum absolute atomic E-state index is 6.47. The van der Waals surface area contributed by atoms with Crippen LogP contribution in [0.5, 0.6) is 11.5 Å². The van der Waals surface area contributed by atoms with Gasteiger partial charge in [0.2, 0.25) is 0 Å². The fraction of sp³-hybridized carbons (Fsp3) is 0.333. The molecule has 4 nitrogen and oxygen atoms in total. The molecule has 0 unspecified atom stereocenters. The van der Waals surface area contributed by atoms with E-state index in [0.29, 0.717) is 23.1 Å². The number of benzene rings is 1. The summed E-state index contributed by atoms with van der Waals surface area (Å²) in [6, 6.07) is 5.85. The summed E-state index contributed by atoms with van der Waals surface area (Å²) >= 11 is 8.23. The van der Waals surface area contributed by atoms with E-state index < -0.39 is 0 Å². The van der Waals surface area contributed by atoms with Crippen LogP contribution in [0.4, 0.5) is 0 Å². The number of hydrogen-bond donors (Lipinski definition) is 0. The fourth-order valence-corrected chi connectivity index (χ4v) is 4.88. The van der Waals surface area contributed by atoms with Gasteiger partial charge in [-0.3, -0.25) is 0 Å². The monoisotopic (exact) mass is 360 g/mol. The summed E-state index contributed by atoms with van der Waals surface area (Å²) in [6.07, 6.45) is 4.05. The number of aryl methyl sites for hydroxylation is 2. The Kier molecular flexibility index (Phi) is 4.06. The molecular formula is C18H17ClN2O2S. The smallest absolute Gasteiger partial charge is 0.161 e. The molecule has 124 valence electrons. The van der Waals surface area contributed by atoms with Gasteiger partial charge in [0.05, 0.1) is 19.6 Å². The maximum Gasteiger partial charge on any atom is 0.161 e. The standard InChI is InChI=1S/C18H17ClN2O2S/c1-22-12-7-6-10(8-13(12)23-2)9-15-20-17(19)16-11-4-3-5-14(11)24-18(16)21-15/h6-8H,3-5,9H2,1-2H3. The van der Waals surface area contributed by atoms with E-state index in [1.165, 1.54) is 16.9 Å². The van der Waals surface area contributed by atoms with Crippen molar-refractivity contribution in [3.63, 3.8) is 0 Å². The molecule has 1 aliphatic carbocycles. The minimum Gasteiger partial charge on any atom is -0.493 e. The third-order valence-corrected chi connectivity index (χ3v) is 5.84. The summed E-state index contributed by atoms with van der Waals surface area (Å²) in [5, 5.41) is 1.64. The van der Waals surface area contributed by atoms with Crippen molar-refractivity contribution in [3.05, 3.63) is 45.2 Å². The molecule has 6 heteroatoms. The molecule has 0 bridgehead atoms. The second-order valence-corrected chi connectivity index (χ2v) is 7.28. The van der Waals surface area contributed by atoms with Gasteiger partial charge >= 0.3 is 0 Å². The highest BCUT2D eigenvalue weighted by Crippen LogP contribution is 2.39. The molecule has 4 rings (SSSR count). The zero-order valence-corrected chi connectivity index (χ0v) is 15.1. The van der Waals surface area contributed by atoms with Gasteiger partial charge in [-0.15, -0.1) is 11.3 Å². The Balaban J connectivity index is 1.70. The summed E-state index contributed by atoms with van der Waals surface area (Å²) < 4.78 is 10.6. The number of ether oxygens (including phenoxy) is 2. The predicted molar refractivity (Wildman–Crippen MR) is 96.8 cm³/mol. The summed E-state index contributed by atoms with van der Waals surface area (Å²) in [5.41, 5.74) is 2.42. The van der Waals surface area contributed by atoms with Gasteiger partial charge < -0.3 is 9.47 Å². The Morgan fingerprint density at radius 1 is 1.12 bits per heavy atom.